The van der Waals surface area contributed by atoms with Gasteiger partial charge in [-0.2, -0.15) is 0 Å². The Morgan fingerprint density at radius 3 is 2.24 bits per heavy atom. The van der Waals surface area contributed by atoms with Gasteiger partial charge in [-0.3, -0.25) is 4.79 Å². The minimum Gasteiger partial charge on any atom is -0.465 e. The molecule has 1 atom stereocenters. The number of unbranched alkanes of at least 4 members (excludes halogenated alkanes) is 6. The molecule has 0 heterocycles. The fraction of sp³-hybridized carbons (Fsp3) is 0.944. The van der Waals surface area contributed by atoms with Gasteiger partial charge in [0, 0.05) is 11.8 Å². The van der Waals surface area contributed by atoms with E-state index in [0.29, 0.717) is 18.9 Å². The SMILES string of the molecule is CCCCCCC(CCCC)COC(=O)CCCCCBr. The van der Waals surface area contributed by atoms with Crippen LogP contribution in [0.1, 0.15) is 90.9 Å². The van der Waals surface area contributed by atoms with Crippen LogP contribution in [0.5, 0.6) is 0 Å². The summed E-state index contributed by atoms with van der Waals surface area (Å²) < 4.78 is 5.49. The van der Waals surface area contributed by atoms with Crippen molar-refractivity contribution in [3.8, 4) is 0 Å². The number of rotatable bonds is 15. The largest absolute Gasteiger partial charge is 0.465 e. The van der Waals surface area contributed by atoms with E-state index in [-0.39, 0.29) is 5.97 Å². The number of alkyl halides is 1. The highest BCUT2D eigenvalue weighted by Gasteiger charge is 2.11. The second-order valence-electron chi connectivity index (χ2n) is 6.04. The molecule has 0 N–H and O–H groups in total. The van der Waals surface area contributed by atoms with Crippen molar-refractivity contribution in [3.05, 3.63) is 0 Å². The molecule has 0 aliphatic carbocycles. The predicted molar refractivity (Wildman–Crippen MR) is 95.0 cm³/mol. The van der Waals surface area contributed by atoms with Crippen molar-refractivity contribution in [1.82, 2.24) is 0 Å². The van der Waals surface area contributed by atoms with E-state index in [9.17, 15) is 4.79 Å². The smallest absolute Gasteiger partial charge is 0.305 e. The molecule has 3 heteroatoms. The molecule has 0 aliphatic heterocycles. The van der Waals surface area contributed by atoms with Gasteiger partial charge in [0.2, 0.25) is 0 Å². The van der Waals surface area contributed by atoms with Crippen LogP contribution in [0, 0.1) is 5.92 Å². The Labute approximate surface area is 140 Å². The summed E-state index contributed by atoms with van der Waals surface area (Å²) in [6, 6.07) is 0. The van der Waals surface area contributed by atoms with Crippen LogP contribution in [0.3, 0.4) is 0 Å². The predicted octanol–water partition coefficient (Wildman–Crippen LogP) is 6.26. The van der Waals surface area contributed by atoms with Crippen LogP contribution in [0.15, 0.2) is 0 Å². The van der Waals surface area contributed by atoms with Crippen LogP contribution < -0.4 is 0 Å². The molecule has 2 nitrogen and oxygen atoms in total. The Hall–Kier alpha value is -0.0500. The van der Waals surface area contributed by atoms with Gasteiger partial charge in [-0.05, 0) is 31.6 Å². The zero-order valence-electron chi connectivity index (χ0n) is 14.2. The first kappa shape index (κ1) is 20.9. The van der Waals surface area contributed by atoms with Gasteiger partial charge in [-0.25, -0.2) is 0 Å². The van der Waals surface area contributed by atoms with Gasteiger partial charge in [-0.1, -0.05) is 74.7 Å². The molecule has 0 fully saturated rings. The number of ether oxygens (including phenoxy) is 1. The van der Waals surface area contributed by atoms with Crippen molar-refractivity contribution in [2.24, 2.45) is 5.92 Å². The molecule has 0 spiro atoms. The summed E-state index contributed by atoms with van der Waals surface area (Å²) in [5.74, 6) is 0.577. The lowest BCUT2D eigenvalue weighted by Crippen LogP contribution is -2.14. The van der Waals surface area contributed by atoms with Gasteiger partial charge < -0.3 is 4.74 Å². The third-order valence-electron chi connectivity index (χ3n) is 3.93. The fourth-order valence-electron chi connectivity index (χ4n) is 2.49. The average Bonchev–Trinajstić information content (AvgIpc) is 2.50. The van der Waals surface area contributed by atoms with Gasteiger partial charge >= 0.3 is 5.97 Å². The molecule has 0 saturated heterocycles. The third-order valence-corrected chi connectivity index (χ3v) is 4.49. The van der Waals surface area contributed by atoms with E-state index < -0.39 is 0 Å². The molecule has 0 radical (unpaired) electrons. The summed E-state index contributed by atoms with van der Waals surface area (Å²) in [4.78, 5) is 11.7. The van der Waals surface area contributed by atoms with Crippen molar-refractivity contribution < 1.29 is 9.53 Å². The summed E-state index contributed by atoms with van der Waals surface area (Å²) >= 11 is 3.41. The molecule has 0 saturated carbocycles. The van der Waals surface area contributed by atoms with Gasteiger partial charge in [0.1, 0.15) is 0 Å². The Morgan fingerprint density at radius 1 is 0.905 bits per heavy atom. The molecule has 126 valence electrons. The number of halogens is 1. The molecule has 1 unspecified atom stereocenters. The molecule has 0 amide bonds. The first-order valence-electron chi connectivity index (χ1n) is 8.96. The summed E-state index contributed by atoms with van der Waals surface area (Å²) in [5.41, 5.74) is 0. The molecule has 0 rings (SSSR count). The van der Waals surface area contributed by atoms with E-state index in [2.05, 4.69) is 29.8 Å². The number of hydrogen-bond acceptors (Lipinski definition) is 2. The van der Waals surface area contributed by atoms with E-state index in [1.54, 1.807) is 0 Å². The average molecular weight is 363 g/mol. The lowest BCUT2D eigenvalue weighted by atomic mass is 9.96. The van der Waals surface area contributed by atoms with Crippen LogP contribution in [0.4, 0.5) is 0 Å². The standard InChI is InChI=1S/C18H35BrO2/c1-3-5-7-9-13-17(12-6-4-2)16-21-18(20)14-10-8-11-15-19/h17H,3-16H2,1-2H3. The van der Waals surface area contributed by atoms with Crippen LogP contribution >= 0.6 is 15.9 Å². The van der Waals surface area contributed by atoms with Crippen molar-refractivity contribution in [2.75, 3.05) is 11.9 Å². The second-order valence-corrected chi connectivity index (χ2v) is 6.83. The molecular weight excluding hydrogens is 328 g/mol. The highest BCUT2D eigenvalue weighted by molar-refractivity contribution is 9.09. The monoisotopic (exact) mass is 362 g/mol. The van der Waals surface area contributed by atoms with Crippen LogP contribution in [0.2, 0.25) is 0 Å². The van der Waals surface area contributed by atoms with Gasteiger partial charge in [0.25, 0.3) is 0 Å². The van der Waals surface area contributed by atoms with Crippen LogP contribution in [-0.4, -0.2) is 17.9 Å². The summed E-state index contributed by atoms with van der Waals surface area (Å²) in [5, 5.41) is 1.03. The Balaban J connectivity index is 3.78. The first-order chi connectivity index (χ1) is 10.2. The molecule has 0 bridgehead atoms. The fourth-order valence-corrected chi connectivity index (χ4v) is 2.88. The Bertz CT molecular complexity index is 231. The second kappa shape index (κ2) is 16.3. The van der Waals surface area contributed by atoms with E-state index in [1.165, 1.54) is 51.4 Å². The maximum atomic E-state index is 11.7. The molecule has 21 heavy (non-hydrogen) atoms. The van der Waals surface area contributed by atoms with Gasteiger partial charge in [-0.15, -0.1) is 0 Å². The number of esters is 1. The van der Waals surface area contributed by atoms with E-state index in [0.717, 1.165) is 24.6 Å². The van der Waals surface area contributed by atoms with Crippen molar-refractivity contribution in [1.29, 1.82) is 0 Å². The van der Waals surface area contributed by atoms with E-state index >= 15 is 0 Å². The van der Waals surface area contributed by atoms with Crippen molar-refractivity contribution in [3.63, 3.8) is 0 Å². The zero-order valence-corrected chi connectivity index (χ0v) is 15.8. The summed E-state index contributed by atoms with van der Waals surface area (Å²) in [6.07, 6.45) is 13.9. The first-order valence-corrected chi connectivity index (χ1v) is 10.1. The molecule has 0 aromatic rings. The minimum absolute atomic E-state index is 0.000343. The number of hydrogen-bond donors (Lipinski definition) is 0. The molecule has 0 aromatic carbocycles. The number of carbonyl (C=O) groups is 1. The van der Waals surface area contributed by atoms with Crippen molar-refractivity contribution >= 4 is 21.9 Å². The van der Waals surface area contributed by atoms with Crippen LogP contribution in [0.25, 0.3) is 0 Å². The van der Waals surface area contributed by atoms with Gasteiger partial charge in [0.05, 0.1) is 6.61 Å². The molecule has 0 aliphatic rings. The van der Waals surface area contributed by atoms with E-state index in [1.807, 2.05) is 0 Å². The quantitative estimate of drug-likeness (QED) is 0.195. The maximum Gasteiger partial charge on any atom is 0.305 e. The maximum absolute atomic E-state index is 11.7. The van der Waals surface area contributed by atoms with Crippen LogP contribution in [-0.2, 0) is 9.53 Å². The normalized spacial score (nSPS) is 12.3. The van der Waals surface area contributed by atoms with E-state index in [4.69, 9.17) is 4.74 Å². The lowest BCUT2D eigenvalue weighted by Gasteiger charge is -2.16. The topological polar surface area (TPSA) is 26.3 Å². The van der Waals surface area contributed by atoms with Crippen molar-refractivity contribution in [2.45, 2.75) is 90.9 Å². The zero-order chi connectivity index (χ0) is 15.8. The number of carbonyl (C=O) groups excluding carboxylic acids is 1. The molecular formula is C18H35BrO2. The Kier molecular flexibility index (Phi) is 16.3. The lowest BCUT2D eigenvalue weighted by molar-refractivity contribution is -0.145. The summed E-state index contributed by atoms with van der Waals surface area (Å²) in [6.45, 7) is 5.11. The third kappa shape index (κ3) is 14.6. The Morgan fingerprint density at radius 2 is 1.57 bits per heavy atom. The summed E-state index contributed by atoms with van der Waals surface area (Å²) in [7, 11) is 0. The minimum atomic E-state index is -0.000343. The van der Waals surface area contributed by atoms with Gasteiger partial charge in [0.15, 0.2) is 0 Å². The highest BCUT2D eigenvalue weighted by Crippen LogP contribution is 2.18. The molecule has 0 aromatic heterocycles. The highest BCUT2D eigenvalue weighted by atomic mass is 79.9.